The molecule has 9 aromatic rings. The van der Waals surface area contributed by atoms with Crippen LogP contribution in [0.1, 0.15) is 22.3 Å². The quantitative estimate of drug-likeness (QED) is 0.161. The van der Waals surface area contributed by atoms with Gasteiger partial charge in [0.05, 0.1) is 11.1 Å². The van der Waals surface area contributed by atoms with Crippen molar-refractivity contribution in [3.63, 3.8) is 0 Å². The Morgan fingerprint density at radius 2 is 0.870 bits per heavy atom. The lowest BCUT2D eigenvalue weighted by Gasteiger charge is -2.35. The van der Waals surface area contributed by atoms with E-state index in [1.807, 2.05) is 0 Å². The molecular weight excluding hydrogens is 651 g/mol. The van der Waals surface area contributed by atoms with Crippen LogP contribution >= 0.6 is 0 Å². The van der Waals surface area contributed by atoms with E-state index in [0.717, 1.165) is 17.1 Å². The third-order valence-electron chi connectivity index (χ3n) is 11.1. The minimum Gasteiger partial charge on any atom is -0.310 e. The van der Waals surface area contributed by atoms with Crippen LogP contribution in [0.5, 0.6) is 0 Å². The first-order chi connectivity index (χ1) is 26.8. The van der Waals surface area contributed by atoms with Crippen LogP contribution in [0.3, 0.4) is 0 Å². The number of nitrogens with zero attached hydrogens (tertiary/aromatic N) is 1. The Bertz CT molecular complexity index is 2700. The van der Waals surface area contributed by atoms with E-state index in [1.165, 1.54) is 66.4 Å². The van der Waals surface area contributed by atoms with Crippen molar-refractivity contribution in [1.82, 2.24) is 0 Å². The lowest BCUT2D eigenvalue weighted by molar-refractivity contribution is 0.775. The van der Waals surface area contributed by atoms with E-state index in [9.17, 15) is 0 Å². The van der Waals surface area contributed by atoms with Crippen LogP contribution in [0.2, 0.25) is 0 Å². The molecule has 0 aromatic heterocycles. The van der Waals surface area contributed by atoms with E-state index in [2.05, 4.69) is 229 Å². The molecule has 10 rings (SSSR count). The van der Waals surface area contributed by atoms with Gasteiger partial charge in [0.2, 0.25) is 0 Å². The van der Waals surface area contributed by atoms with Crippen LogP contribution in [0.15, 0.2) is 224 Å². The second kappa shape index (κ2) is 13.2. The highest BCUT2D eigenvalue weighted by molar-refractivity contribution is 6.07. The molecule has 0 N–H and O–H groups in total. The van der Waals surface area contributed by atoms with E-state index in [1.54, 1.807) is 0 Å². The molecule has 0 heterocycles. The molecule has 0 aliphatic heterocycles. The third-order valence-corrected chi connectivity index (χ3v) is 11.1. The fourth-order valence-corrected chi connectivity index (χ4v) is 8.88. The molecule has 0 spiro atoms. The maximum absolute atomic E-state index is 2.46. The van der Waals surface area contributed by atoms with E-state index in [-0.39, 0.29) is 0 Å². The van der Waals surface area contributed by atoms with Crippen LogP contribution < -0.4 is 4.90 Å². The highest BCUT2D eigenvalue weighted by Crippen LogP contribution is 2.61. The van der Waals surface area contributed by atoms with E-state index in [0.29, 0.717) is 0 Å². The Hall–Kier alpha value is -6.96. The maximum Gasteiger partial charge on any atom is 0.0719 e. The summed E-state index contributed by atoms with van der Waals surface area (Å²) in [5.74, 6) is 0. The molecule has 0 saturated heterocycles. The topological polar surface area (TPSA) is 3.24 Å². The summed E-state index contributed by atoms with van der Waals surface area (Å²) in [6, 6.07) is 82.0. The fourth-order valence-electron chi connectivity index (χ4n) is 8.88. The molecule has 0 bridgehead atoms. The summed E-state index contributed by atoms with van der Waals surface area (Å²) in [6.45, 7) is 0. The highest BCUT2D eigenvalue weighted by Gasteiger charge is 2.48. The van der Waals surface area contributed by atoms with Crippen LogP contribution in [0.25, 0.3) is 44.2 Å². The molecule has 0 atom stereocenters. The Morgan fingerprint density at radius 1 is 0.352 bits per heavy atom. The Balaban J connectivity index is 1.35. The highest BCUT2D eigenvalue weighted by atomic mass is 15.1. The van der Waals surface area contributed by atoms with Crippen molar-refractivity contribution >= 4 is 27.8 Å². The number of anilines is 3. The SMILES string of the molecule is c1ccc(-c2ccccc2N(c2ccccc2)c2ccc3c(c2)-c2c(-c4ccccc4)cc4ccccc4c2C3(c2ccccc2)c2ccccc2)cc1. The van der Waals surface area contributed by atoms with Crippen LogP contribution in [0, 0.1) is 0 Å². The molecule has 0 radical (unpaired) electrons. The number of fused-ring (bicyclic) bond motifs is 5. The molecular formula is C53H37N. The lowest BCUT2D eigenvalue weighted by Crippen LogP contribution is -2.29. The largest absolute Gasteiger partial charge is 0.310 e. The van der Waals surface area contributed by atoms with Gasteiger partial charge in [-0.15, -0.1) is 0 Å². The predicted molar refractivity (Wildman–Crippen MR) is 227 cm³/mol. The molecule has 1 nitrogen and oxygen atoms in total. The summed E-state index contributed by atoms with van der Waals surface area (Å²) in [4.78, 5) is 2.43. The minimum atomic E-state index is -0.560. The summed E-state index contributed by atoms with van der Waals surface area (Å²) in [6.07, 6.45) is 0. The Labute approximate surface area is 317 Å². The summed E-state index contributed by atoms with van der Waals surface area (Å²) in [5, 5.41) is 2.51. The normalized spacial score (nSPS) is 12.6. The molecule has 0 unspecified atom stereocenters. The number of benzene rings is 9. The molecule has 1 aliphatic rings. The van der Waals surface area contributed by atoms with Gasteiger partial charge in [-0.05, 0) is 97.2 Å². The van der Waals surface area contributed by atoms with Gasteiger partial charge in [-0.2, -0.15) is 0 Å². The Kier molecular flexibility index (Phi) is 7.78. The second-order valence-corrected chi connectivity index (χ2v) is 14.0. The predicted octanol–water partition coefficient (Wildman–Crippen LogP) is 14.0. The van der Waals surface area contributed by atoms with Gasteiger partial charge in [0, 0.05) is 16.9 Å². The van der Waals surface area contributed by atoms with Gasteiger partial charge in [-0.3, -0.25) is 0 Å². The fraction of sp³-hybridized carbons (Fsp3) is 0.0189. The van der Waals surface area contributed by atoms with Crippen molar-refractivity contribution in [2.75, 3.05) is 4.90 Å². The van der Waals surface area contributed by atoms with Gasteiger partial charge in [0.25, 0.3) is 0 Å². The number of hydrogen-bond acceptors (Lipinski definition) is 1. The van der Waals surface area contributed by atoms with Crippen molar-refractivity contribution in [1.29, 1.82) is 0 Å². The summed E-state index contributed by atoms with van der Waals surface area (Å²) >= 11 is 0. The van der Waals surface area contributed by atoms with E-state index >= 15 is 0 Å². The summed E-state index contributed by atoms with van der Waals surface area (Å²) < 4.78 is 0. The van der Waals surface area contributed by atoms with Gasteiger partial charge >= 0.3 is 0 Å². The maximum atomic E-state index is 2.46. The van der Waals surface area contributed by atoms with E-state index < -0.39 is 5.41 Å². The van der Waals surface area contributed by atoms with Gasteiger partial charge in [0.1, 0.15) is 0 Å². The molecule has 0 amide bonds. The van der Waals surface area contributed by atoms with Crippen LogP contribution in [0.4, 0.5) is 17.1 Å². The number of para-hydroxylation sites is 2. The lowest BCUT2D eigenvalue weighted by atomic mass is 9.66. The molecule has 0 saturated carbocycles. The van der Waals surface area contributed by atoms with Gasteiger partial charge in [-0.25, -0.2) is 0 Å². The Morgan fingerprint density at radius 3 is 1.52 bits per heavy atom. The zero-order valence-electron chi connectivity index (χ0n) is 29.8. The standard InChI is InChI=1S/C53H37N/c1-6-20-38(21-7-1)45-31-18-19-33-50(45)54(43-29-14-5-15-30-43)44-34-35-49-48(37-44)51-47(39-22-8-2-9-23-39)36-40-24-16-17-32-46(40)52(51)53(49,41-25-10-3-11-26-41)42-27-12-4-13-28-42/h1-37H. The monoisotopic (exact) mass is 687 g/mol. The van der Waals surface area contributed by atoms with Crippen LogP contribution in [-0.4, -0.2) is 0 Å². The molecule has 254 valence electrons. The van der Waals surface area contributed by atoms with Crippen molar-refractivity contribution in [3.05, 3.63) is 247 Å². The first kappa shape index (κ1) is 31.7. The minimum absolute atomic E-state index is 0.560. The zero-order valence-corrected chi connectivity index (χ0v) is 29.8. The summed E-state index contributed by atoms with van der Waals surface area (Å²) in [7, 11) is 0. The van der Waals surface area contributed by atoms with Gasteiger partial charge in [-0.1, -0.05) is 188 Å². The van der Waals surface area contributed by atoms with Crippen LogP contribution in [-0.2, 0) is 5.41 Å². The average Bonchev–Trinajstić information content (AvgIpc) is 3.57. The van der Waals surface area contributed by atoms with Crippen molar-refractivity contribution in [2.24, 2.45) is 0 Å². The van der Waals surface area contributed by atoms with E-state index in [4.69, 9.17) is 0 Å². The molecule has 1 aliphatic carbocycles. The molecule has 9 aromatic carbocycles. The second-order valence-electron chi connectivity index (χ2n) is 14.0. The van der Waals surface area contributed by atoms with Crippen molar-refractivity contribution in [2.45, 2.75) is 5.41 Å². The van der Waals surface area contributed by atoms with Gasteiger partial charge in [0.15, 0.2) is 0 Å². The number of hydrogen-bond donors (Lipinski definition) is 0. The molecule has 1 heteroatoms. The average molecular weight is 688 g/mol. The first-order valence-corrected chi connectivity index (χ1v) is 18.7. The van der Waals surface area contributed by atoms with Crippen molar-refractivity contribution < 1.29 is 0 Å². The third kappa shape index (κ3) is 5.01. The zero-order chi connectivity index (χ0) is 35.9. The molecule has 54 heavy (non-hydrogen) atoms. The smallest absolute Gasteiger partial charge is 0.0719 e. The molecule has 0 fully saturated rings. The number of rotatable bonds is 7. The van der Waals surface area contributed by atoms with Gasteiger partial charge < -0.3 is 4.90 Å². The first-order valence-electron chi connectivity index (χ1n) is 18.7. The summed E-state index contributed by atoms with van der Waals surface area (Å²) in [5.41, 5.74) is 15.3. The van der Waals surface area contributed by atoms with Crippen molar-refractivity contribution in [3.8, 4) is 33.4 Å².